The van der Waals surface area contributed by atoms with Gasteiger partial charge in [-0.15, -0.1) is 0 Å². The fraction of sp³-hybridized carbons (Fsp3) is 0.357. The molecule has 0 aliphatic carbocycles. The number of hydrogen-bond acceptors (Lipinski definition) is 3. The molecule has 0 saturated carbocycles. The van der Waals surface area contributed by atoms with Crippen molar-refractivity contribution in [3.8, 4) is 0 Å². The molecule has 0 radical (unpaired) electrons. The van der Waals surface area contributed by atoms with E-state index in [0.29, 0.717) is 13.0 Å². The number of aliphatic hydroxyl groups excluding tert-OH is 1. The third kappa shape index (κ3) is 2.11. The van der Waals surface area contributed by atoms with Crippen LogP contribution in [-0.4, -0.2) is 33.8 Å². The van der Waals surface area contributed by atoms with Gasteiger partial charge in [-0.05, 0) is 18.1 Å². The molecule has 1 aromatic carbocycles. The number of nitrogens with one attached hydrogen (secondary N) is 2. The molecule has 1 fully saturated rings. The van der Waals surface area contributed by atoms with E-state index in [4.69, 9.17) is 5.11 Å². The number of aliphatic hydroxyl groups is 1. The normalized spacial score (nSPS) is 27.5. The first-order valence-electron chi connectivity index (χ1n) is 6.37. The maximum Gasteiger partial charge on any atom is 0.310 e. The molecule has 0 bridgehead atoms. The Balaban J connectivity index is 1.86. The van der Waals surface area contributed by atoms with Crippen LogP contribution in [0.2, 0.25) is 0 Å². The zero-order valence-corrected chi connectivity index (χ0v) is 10.3. The summed E-state index contributed by atoms with van der Waals surface area (Å²) in [7, 11) is 0. The Kier molecular flexibility index (Phi) is 3.00. The molecular weight excluding hydrogens is 244 g/mol. The van der Waals surface area contributed by atoms with Crippen LogP contribution >= 0.6 is 0 Å². The fourth-order valence-electron chi connectivity index (χ4n) is 2.77. The van der Waals surface area contributed by atoms with Gasteiger partial charge in [0, 0.05) is 29.7 Å². The van der Waals surface area contributed by atoms with E-state index in [1.54, 1.807) is 0 Å². The van der Waals surface area contributed by atoms with Gasteiger partial charge in [0.05, 0.1) is 12.0 Å². The fourth-order valence-corrected chi connectivity index (χ4v) is 2.77. The Morgan fingerprint density at radius 2 is 2.11 bits per heavy atom. The first-order chi connectivity index (χ1) is 9.16. The number of aromatic nitrogens is 1. The van der Waals surface area contributed by atoms with Crippen LogP contribution in [0.15, 0.2) is 30.5 Å². The van der Waals surface area contributed by atoms with Gasteiger partial charge in [-0.1, -0.05) is 18.2 Å². The molecule has 1 aliphatic rings. The predicted octanol–water partition coefficient (Wildman–Crippen LogP) is 1.26. The molecule has 0 spiro atoms. The van der Waals surface area contributed by atoms with E-state index in [2.05, 4.69) is 10.3 Å². The van der Waals surface area contributed by atoms with Crippen molar-refractivity contribution >= 4 is 16.9 Å². The molecule has 1 saturated heterocycles. The molecule has 3 atom stereocenters. The van der Waals surface area contributed by atoms with Crippen molar-refractivity contribution in [1.29, 1.82) is 0 Å². The number of fused-ring (bicyclic) bond motifs is 1. The van der Waals surface area contributed by atoms with Gasteiger partial charge >= 0.3 is 5.97 Å². The highest BCUT2D eigenvalue weighted by molar-refractivity contribution is 5.83. The van der Waals surface area contributed by atoms with E-state index in [-0.39, 0.29) is 6.04 Å². The lowest BCUT2D eigenvalue weighted by Gasteiger charge is -2.31. The first kappa shape index (κ1) is 12.2. The van der Waals surface area contributed by atoms with Gasteiger partial charge in [0.15, 0.2) is 0 Å². The summed E-state index contributed by atoms with van der Waals surface area (Å²) >= 11 is 0. The third-order valence-corrected chi connectivity index (χ3v) is 3.84. The van der Waals surface area contributed by atoms with Crippen molar-refractivity contribution in [3.63, 3.8) is 0 Å². The molecule has 5 heteroatoms. The Hall–Kier alpha value is -1.85. The van der Waals surface area contributed by atoms with Crippen molar-refractivity contribution in [2.24, 2.45) is 5.92 Å². The minimum atomic E-state index is -0.947. The van der Waals surface area contributed by atoms with Crippen molar-refractivity contribution in [1.82, 2.24) is 10.3 Å². The largest absolute Gasteiger partial charge is 0.481 e. The summed E-state index contributed by atoms with van der Waals surface area (Å²) in [5.74, 6) is -1.67. The maximum atomic E-state index is 11.0. The summed E-state index contributed by atoms with van der Waals surface area (Å²) in [5.41, 5.74) is 2.13. The molecular formula is C14H16N2O3. The molecule has 1 aromatic heterocycles. The minimum absolute atomic E-state index is 0.0123. The summed E-state index contributed by atoms with van der Waals surface area (Å²) in [5, 5.41) is 23.3. The van der Waals surface area contributed by atoms with Gasteiger partial charge in [0.2, 0.25) is 0 Å². The summed E-state index contributed by atoms with van der Waals surface area (Å²) in [6, 6.07) is 7.95. The topological polar surface area (TPSA) is 85.4 Å². The predicted molar refractivity (Wildman–Crippen MR) is 70.8 cm³/mol. The molecule has 2 aromatic rings. The van der Waals surface area contributed by atoms with Gasteiger partial charge < -0.3 is 20.5 Å². The smallest absolute Gasteiger partial charge is 0.310 e. The van der Waals surface area contributed by atoms with E-state index in [0.717, 1.165) is 16.5 Å². The highest BCUT2D eigenvalue weighted by Crippen LogP contribution is 2.31. The zero-order chi connectivity index (χ0) is 13.4. The van der Waals surface area contributed by atoms with Crippen LogP contribution in [0.3, 0.4) is 0 Å². The monoisotopic (exact) mass is 260 g/mol. The van der Waals surface area contributed by atoms with E-state index in [1.807, 2.05) is 30.5 Å². The molecule has 100 valence electrons. The molecule has 5 nitrogen and oxygen atoms in total. The number of carboxylic acid groups (broad SMARTS) is 1. The van der Waals surface area contributed by atoms with Crippen LogP contribution in [0.4, 0.5) is 0 Å². The van der Waals surface area contributed by atoms with Gasteiger partial charge in [0.25, 0.3) is 0 Å². The van der Waals surface area contributed by atoms with Crippen LogP contribution in [0.25, 0.3) is 10.9 Å². The van der Waals surface area contributed by atoms with Crippen molar-refractivity contribution < 1.29 is 15.0 Å². The molecule has 1 aliphatic heterocycles. The molecule has 3 unspecified atom stereocenters. The second kappa shape index (κ2) is 4.68. The molecule has 3 rings (SSSR count). The van der Waals surface area contributed by atoms with Crippen LogP contribution < -0.4 is 5.32 Å². The lowest BCUT2D eigenvalue weighted by Crippen LogP contribution is -2.45. The molecule has 2 heterocycles. The number of piperidine rings is 1. The van der Waals surface area contributed by atoms with Crippen molar-refractivity contribution in [3.05, 3.63) is 36.0 Å². The average Bonchev–Trinajstić information content (AvgIpc) is 2.82. The molecule has 19 heavy (non-hydrogen) atoms. The average molecular weight is 260 g/mol. The van der Waals surface area contributed by atoms with Crippen LogP contribution in [0.5, 0.6) is 0 Å². The van der Waals surface area contributed by atoms with E-state index < -0.39 is 18.0 Å². The highest BCUT2D eigenvalue weighted by Gasteiger charge is 2.34. The lowest BCUT2D eigenvalue weighted by molar-refractivity contribution is -0.147. The van der Waals surface area contributed by atoms with E-state index in [1.165, 1.54) is 0 Å². The molecule has 0 amide bonds. The lowest BCUT2D eigenvalue weighted by atomic mass is 9.88. The number of hydrogen-bond donors (Lipinski definition) is 4. The second-order valence-corrected chi connectivity index (χ2v) is 5.00. The Bertz CT molecular complexity index is 608. The van der Waals surface area contributed by atoms with Gasteiger partial charge in [-0.25, -0.2) is 0 Å². The standard InChI is InChI=1S/C14H16N2O3/c17-13-5-12(16-7-10(13)14(18)19)9-6-15-11-4-2-1-3-8(9)11/h1-4,6,10,12-13,15-17H,5,7H2,(H,18,19). The Morgan fingerprint density at radius 3 is 2.84 bits per heavy atom. The van der Waals surface area contributed by atoms with Gasteiger partial charge in [0.1, 0.15) is 0 Å². The van der Waals surface area contributed by atoms with Gasteiger partial charge in [-0.3, -0.25) is 4.79 Å². The summed E-state index contributed by atoms with van der Waals surface area (Å²) < 4.78 is 0. The Morgan fingerprint density at radius 1 is 1.32 bits per heavy atom. The van der Waals surface area contributed by atoms with Crippen LogP contribution in [0, 0.1) is 5.92 Å². The quantitative estimate of drug-likeness (QED) is 0.655. The second-order valence-electron chi connectivity index (χ2n) is 5.00. The number of H-pyrrole nitrogens is 1. The van der Waals surface area contributed by atoms with Crippen molar-refractivity contribution in [2.75, 3.05) is 6.54 Å². The third-order valence-electron chi connectivity index (χ3n) is 3.84. The van der Waals surface area contributed by atoms with Crippen LogP contribution in [0.1, 0.15) is 18.0 Å². The van der Waals surface area contributed by atoms with Gasteiger partial charge in [-0.2, -0.15) is 0 Å². The summed E-state index contributed by atoms with van der Waals surface area (Å²) in [4.78, 5) is 14.2. The minimum Gasteiger partial charge on any atom is -0.481 e. The summed E-state index contributed by atoms with van der Waals surface area (Å²) in [6.07, 6.45) is 1.53. The maximum absolute atomic E-state index is 11.0. The molecule has 4 N–H and O–H groups in total. The van der Waals surface area contributed by atoms with E-state index in [9.17, 15) is 9.90 Å². The van der Waals surface area contributed by atoms with E-state index >= 15 is 0 Å². The number of aromatic amines is 1. The highest BCUT2D eigenvalue weighted by atomic mass is 16.4. The summed E-state index contributed by atoms with van der Waals surface area (Å²) in [6.45, 7) is 0.292. The number of benzene rings is 1. The number of carbonyl (C=O) groups is 1. The SMILES string of the molecule is O=C(O)C1CNC(c2c[nH]c3ccccc23)CC1O. The first-order valence-corrected chi connectivity index (χ1v) is 6.37. The number of rotatable bonds is 2. The zero-order valence-electron chi connectivity index (χ0n) is 10.3. The number of aliphatic carboxylic acids is 1. The van der Waals surface area contributed by atoms with Crippen molar-refractivity contribution in [2.45, 2.75) is 18.6 Å². The van der Waals surface area contributed by atoms with Crippen LogP contribution in [-0.2, 0) is 4.79 Å². The number of para-hydroxylation sites is 1. The number of carboxylic acids is 1. The Labute approximate surface area is 110 Å².